The third-order valence-electron chi connectivity index (χ3n) is 1.37. The van der Waals surface area contributed by atoms with Crippen LogP contribution in [0.4, 0.5) is 8.78 Å². The molecular weight excluding hydrogens is 138 g/mol. The Labute approximate surface area is 60.1 Å². The smallest absolute Gasteiger partial charge is 0.243 e. The molecule has 0 radical (unpaired) electrons. The van der Waals surface area contributed by atoms with E-state index in [0.717, 1.165) is 0 Å². The maximum Gasteiger partial charge on any atom is 0.243 e. The molecule has 0 bridgehead atoms. The van der Waals surface area contributed by atoms with E-state index in [4.69, 9.17) is 5.11 Å². The molecule has 1 atom stereocenters. The summed E-state index contributed by atoms with van der Waals surface area (Å²) in [6.07, 6.45) is -1.99. The average molecular weight is 152 g/mol. The fraction of sp³-hybridized carbons (Fsp3) is 1.00. The van der Waals surface area contributed by atoms with Gasteiger partial charge < -0.3 is 5.11 Å². The molecule has 0 aromatic carbocycles. The maximum atomic E-state index is 11.9. The number of hydrogen-bond acceptors (Lipinski definition) is 1. The standard InChI is InChI=1S/C7H14F2O/c1-5(2)3-6(4-10)7(8)9/h5-7,10H,3-4H2,1-2H3. The first-order valence-electron chi connectivity index (χ1n) is 3.47. The van der Waals surface area contributed by atoms with Crippen molar-refractivity contribution in [1.29, 1.82) is 0 Å². The molecule has 10 heavy (non-hydrogen) atoms. The molecule has 1 nitrogen and oxygen atoms in total. The molecule has 0 aliphatic carbocycles. The number of rotatable bonds is 4. The van der Waals surface area contributed by atoms with Crippen molar-refractivity contribution in [2.75, 3.05) is 6.61 Å². The number of halogens is 2. The minimum absolute atomic E-state index is 0.228. The maximum absolute atomic E-state index is 11.9. The first-order valence-corrected chi connectivity index (χ1v) is 3.47. The van der Waals surface area contributed by atoms with Crippen molar-refractivity contribution in [3.63, 3.8) is 0 Å². The van der Waals surface area contributed by atoms with Crippen molar-refractivity contribution in [1.82, 2.24) is 0 Å². The van der Waals surface area contributed by atoms with Gasteiger partial charge in [-0.1, -0.05) is 13.8 Å². The van der Waals surface area contributed by atoms with Gasteiger partial charge in [-0.15, -0.1) is 0 Å². The lowest BCUT2D eigenvalue weighted by molar-refractivity contribution is 0.0306. The third-order valence-corrected chi connectivity index (χ3v) is 1.37. The van der Waals surface area contributed by atoms with Crippen molar-refractivity contribution in [3.8, 4) is 0 Å². The highest BCUT2D eigenvalue weighted by Crippen LogP contribution is 2.17. The lowest BCUT2D eigenvalue weighted by Gasteiger charge is -2.14. The van der Waals surface area contributed by atoms with E-state index in [1.54, 1.807) is 0 Å². The van der Waals surface area contributed by atoms with E-state index >= 15 is 0 Å². The van der Waals surface area contributed by atoms with E-state index in [1.807, 2.05) is 13.8 Å². The molecule has 0 aliphatic heterocycles. The Morgan fingerprint density at radius 2 is 1.80 bits per heavy atom. The summed E-state index contributed by atoms with van der Waals surface area (Å²) in [7, 11) is 0. The average Bonchev–Trinajstić information content (AvgIpc) is 1.81. The molecule has 0 saturated heterocycles. The Hall–Kier alpha value is -0.180. The van der Waals surface area contributed by atoms with Gasteiger partial charge in [0.2, 0.25) is 6.43 Å². The van der Waals surface area contributed by atoms with Crippen molar-refractivity contribution in [3.05, 3.63) is 0 Å². The monoisotopic (exact) mass is 152 g/mol. The summed E-state index contributed by atoms with van der Waals surface area (Å²) in [5.74, 6) is -0.605. The summed E-state index contributed by atoms with van der Waals surface area (Å²) in [6, 6.07) is 0. The number of alkyl halides is 2. The highest BCUT2D eigenvalue weighted by molar-refractivity contribution is 4.61. The van der Waals surface area contributed by atoms with Gasteiger partial charge in [0.25, 0.3) is 0 Å². The summed E-state index contributed by atoms with van der Waals surface area (Å²) in [5.41, 5.74) is 0. The summed E-state index contributed by atoms with van der Waals surface area (Å²) in [5, 5.41) is 8.47. The first-order chi connectivity index (χ1) is 4.57. The van der Waals surface area contributed by atoms with Crippen LogP contribution in [0.5, 0.6) is 0 Å². The van der Waals surface area contributed by atoms with Gasteiger partial charge in [-0.05, 0) is 12.3 Å². The van der Waals surface area contributed by atoms with E-state index in [-0.39, 0.29) is 5.92 Å². The Morgan fingerprint density at radius 3 is 1.90 bits per heavy atom. The van der Waals surface area contributed by atoms with Crippen LogP contribution in [0.1, 0.15) is 20.3 Å². The largest absolute Gasteiger partial charge is 0.396 e. The SMILES string of the molecule is CC(C)CC(CO)C(F)F. The molecule has 0 saturated carbocycles. The van der Waals surface area contributed by atoms with Crippen LogP contribution in [0.3, 0.4) is 0 Å². The third kappa shape index (κ3) is 3.77. The van der Waals surface area contributed by atoms with Gasteiger partial charge >= 0.3 is 0 Å². The van der Waals surface area contributed by atoms with Gasteiger partial charge in [0.1, 0.15) is 0 Å². The topological polar surface area (TPSA) is 20.2 Å². The quantitative estimate of drug-likeness (QED) is 0.652. The summed E-state index contributed by atoms with van der Waals surface area (Å²) < 4.78 is 23.8. The van der Waals surface area contributed by atoms with Crippen molar-refractivity contribution < 1.29 is 13.9 Å². The predicted molar refractivity (Wildman–Crippen MR) is 36.0 cm³/mol. The van der Waals surface area contributed by atoms with Crippen LogP contribution in [0.2, 0.25) is 0 Å². The number of hydrogen-bond donors (Lipinski definition) is 1. The van der Waals surface area contributed by atoms with Crippen LogP contribution in [-0.2, 0) is 0 Å². The summed E-state index contributed by atoms with van der Waals surface area (Å²) in [6.45, 7) is 3.33. The molecule has 0 aromatic heterocycles. The van der Waals surface area contributed by atoms with Gasteiger partial charge in [-0.3, -0.25) is 0 Å². The van der Waals surface area contributed by atoms with Crippen LogP contribution in [0.15, 0.2) is 0 Å². The van der Waals surface area contributed by atoms with Crippen LogP contribution in [-0.4, -0.2) is 18.1 Å². The Kier molecular flexibility index (Phi) is 4.52. The molecule has 0 spiro atoms. The number of aliphatic hydroxyl groups is 1. The molecule has 0 heterocycles. The second-order valence-corrected chi connectivity index (χ2v) is 2.91. The van der Waals surface area contributed by atoms with Crippen LogP contribution in [0, 0.1) is 11.8 Å². The van der Waals surface area contributed by atoms with Crippen LogP contribution >= 0.6 is 0 Å². The number of aliphatic hydroxyl groups excluding tert-OH is 1. The summed E-state index contributed by atoms with van der Waals surface area (Å²) in [4.78, 5) is 0. The van der Waals surface area contributed by atoms with Gasteiger partial charge in [0.15, 0.2) is 0 Å². The van der Waals surface area contributed by atoms with Crippen LogP contribution < -0.4 is 0 Å². The molecule has 3 heteroatoms. The minimum atomic E-state index is -2.38. The van der Waals surface area contributed by atoms with Gasteiger partial charge in [-0.25, -0.2) is 8.78 Å². The van der Waals surface area contributed by atoms with Gasteiger partial charge in [0.05, 0.1) is 6.61 Å². The van der Waals surface area contributed by atoms with E-state index in [1.165, 1.54) is 0 Å². The van der Waals surface area contributed by atoms with Crippen molar-refractivity contribution in [2.24, 2.45) is 11.8 Å². The molecule has 0 rings (SSSR count). The van der Waals surface area contributed by atoms with E-state index < -0.39 is 19.0 Å². The predicted octanol–water partition coefficient (Wildman–Crippen LogP) is 1.91. The zero-order chi connectivity index (χ0) is 8.15. The Bertz CT molecular complexity index is 83.7. The molecule has 1 unspecified atom stereocenters. The second kappa shape index (κ2) is 4.61. The zero-order valence-electron chi connectivity index (χ0n) is 6.35. The molecule has 0 aliphatic rings. The Morgan fingerprint density at radius 1 is 1.30 bits per heavy atom. The Balaban J connectivity index is 3.60. The van der Waals surface area contributed by atoms with E-state index in [9.17, 15) is 8.78 Å². The normalized spacial score (nSPS) is 14.7. The lowest BCUT2D eigenvalue weighted by atomic mass is 9.98. The highest BCUT2D eigenvalue weighted by atomic mass is 19.3. The van der Waals surface area contributed by atoms with Gasteiger partial charge in [0, 0.05) is 5.92 Å². The van der Waals surface area contributed by atoms with E-state index in [0.29, 0.717) is 6.42 Å². The van der Waals surface area contributed by atoms with Gasteiger partial charge in [-0.2, -0.15) is 0 Å². The first kappa shape index (κ1) is 9.82. The van der Waals surface area contributed by atoms with E-state index in [2.05, 4.69) is 0 Å². The molecule has 0 fully saturated rings. The summed E-state index contributed by atoms with van der Waals surface area (Å²) >= 11 is 0. The van der Waals surface area contributed by atoms with Crippen molar-refractivity contribution >= 4 is 0 Å². The lowest BCUT2D eigenvalue weighted by Crippen LogP contribution is -2.17. The highest BCUT2D eigenvalue weighted by Gasteiger charge is 2.19. The van der Waals surface area contributed by atoms with Crippen LogP contribution in [0.25, 0.3) is 0 Å². The second-order valence-electron chi connectivity index (χ2n) is 2.91. The molecule has 0 amide bonds. The minimum Gasteiger partial charge on any atom is -0.396 e. The fourth-order valence-electron chi connectivity index (χ4n) is 0.863. The molecular formula is C7H14F2O. The molecule has 0 aromatic rings. The zero-order valence-corrected chi connectivity index (χ0v) is 6.35. The molecule has 1 N–H and O–H groups in total. The molecule has 62 valence electrons. The van der Waals surface area contributed by atoms with Crippen molar-refractivity contribution in [2.45, 2.75) is 26.7 Å². The fourth-order valence-corrected chi connectivity index (χ4v) is 0.863.